The van der Waals surface area contributed by atoms with Crippen LogP contribution in [0.25, 0.3) is 10.8 Å². The number of amides is 1. The van der Waals surface area contributed by atoms with E-state index in [0.717, 1.165) is 9.87 Å². The van der Waals surface area contributed by atoms with Gasteiger partial charge < -0.3 is 14.8 Å². The zero-order valence-corrected chi connectivity index (χ0v) is 17.7. The Hall–Kier alpha value is -2.88. The summed E-state index contributed by atoms with van der Waals surface area (Å²) in [5.41, 5.74) is 0.828. The Kier molecular flexibility index (Phi) is 6.45. The fourth-order valence-electron chi connectivity index (χ4n) is 3.08. The van der Waals surface area contributed by atoms with E-state index in [1.165, 1.54) is 13.1 Å². The molecule has 1 amide bonds. The monoisotopic (exact) mass is 449 g/mol. The molecule has 1 aliphatic rings. The summed E-state index contributed by atoms with van der Waals surface area (Å²) in [6.45, 7) is 0.135. The van der Waals surface area contributed by atoms with Crippen molar-refractivity contribution in [3.8, 4) is 11.5 Å². The van der Waals surface area contributed by atoms with Crippen LogP contribution in [0, 0.1) is 0 Å². The molecule has 158 valence electrons. The van der Waals surface area contributed by atoms with E-state index in [9.17, 15) is 13.2 Å². The van der Waals surface area contributed by atoms with Gasteiger partial charge in [0.25, 0.3) is 0 Å². The lowest BCUT2D eigenvalue weighted by Gasteiger charge is -2.18. The van der Waals surface area contributed by atoms with Crippen molar-refractivity contribution in [3.63, 3.8) is 0 Å². The molecular weight excluding hydrogens is 430 g/mol. The number of nitrogens with one attached hydrogen (secondary N) is 1. The van der Waals surface area contributed by atoms with Gasteiger partial charge in [0.15, 0.2) is 11.5 Å². The normalized spacial score (nSPS) is 12.6. The lowest BCUT2D eigenvalue weighted by atomic mass is 10.2. The topological polar surface area (TPSA) is 97.8 Å². The maximum absolute atomic E-state index is 13.0. The number of carbonyl (C=O) groups excluding carboxylic acids is 1. The molecule has 4 rings (SSSR count). The standard InChI is InChI=1S/C20H19N3O5S.ClH/c1-23(29(25,26)19-4-2-3-15-11-21-8-7-16(15)19)12-20(24)22-10-14-5-6-17-18(9-14)28-13-27-17;/h2-9,11H,10,12-13H2,1H3,(H,22,24);1H. The highest BCUT2D eigenvalue weighted by atomic mass is 35.5. The average Bonchev–Trinajstić information content (AvgIpc) is 3.19. The Morgan fingerprint density at radius 2 is 1.97 bits per heavy atom. The summed E-state index contributed by atoms with van der Waals surface area (Å²) in [4.78, 5) is 16.5. The molecule has 1 aliphatic heterocycles. The third-order valence-electron chi connectivity index (χ3n) is 4.62. The Morgan fingerprint density at radius 1 is 1.17 bits per heavy atom. The number of sulfonamides is 1. The third-order valence-corrected chi connectivity index (χ3v) is 6.48. The van der Waals surface area contributed by atoms with E-state index in [4.69, 9.17) is 9.47 Å². The van der Waals surface area contributed by atoms with Gasteiger partial charge in [-0.1, -0.05) is 18.2 Å². The van der Waals surface area contributed by atoms with E-state index < -0.39 is 15.9 Å². The molecule has 0 bridgehead atoms. The van der Waals surface area contributed by atoms with Crippen molar-refractivity contribution in [1.82, 2.24) is 14.6 Å². The molecular formula is C20H20ClN3O5S. The number of carbonyl (C=O) groups is 1. The van der Waals surface area contributed by atoms with Crippen molar-refractivity contribution in [2.75, 3.05) is 20.4 Å². The van der Waals surface area contributed by atoms with Crippen molar-refractivity contribution in [3.05, 3.63) is 60.4 Å². The number of nitrogens with zero attached hydrogens (tertiary/aromatic N) is 2. The van der Waals surface area contributed by atoms with E-state index >= 15 is 0 Å². The fraction of sp³-hybridized carbons (Fsp3) is 0.200. The molecule has 0 atom stereocenters. The summed E-state index contributed by atoms with van der Waals surface area (Å²) in [6.07, 6.45) is 3.14. The SMILES string of the molecule is CN(CC(=O)NCc1ccc2c(c1)OCO2)S(=O)(=O)c1cccc2cnccc12.Cl. The smallest absolute Gasteiger partial charge is 0.243 e. The number of pyridine rings is 1. The zero-order chi connectivity index (χ0) is 20.4. The number of halogens is 1. The van der Waals surface area contributed by atoms with Gasteiger partial charge in [-0.15, -0.1) is 12.4 Å². The maximum Gasteiger partial charge on any atom is 0.243 e. The first-order valence-electron chi connectivity index (χ1n) is 8.89. The average molecular weight is 450 g/mol. The number of fused-ring (bicyclic) bond motifs is 2. The van der Waals surface area contributed by atoms with Crippen molar-refractivity contribution in [2.45, 2.75) is 11.4 Å². The third kappa shape index (κ3) is 4.33. The van der Waals surface area contributed by atoms with Gasteiger partial charge in [-0.05, 0) is 29.8 Å². The van der Waals surface area contributed by atoms with E-state index in [2.05, 4.69) is 10.3 Å². The van der Waals surface area contributed by atoms with E-state index in [1.807, 2.05) is 6.07 Å². The minimum Gasteiger partial charge on any atom is -0.454 e. The van der Waals surface area contributed by atoms with E-state index in [-0.39, 0.29) is 37.2 Å². The van der Waals surface area contributed by atoms with Crippen LogP contribution in [-0.4, -0.2) is 44.0 Å². The van der Waals surface area contributed by atoms with Gasteiger partial charge in [0.2, 0.25) is 22.7 Å². The van der Waals surface area contributed by atoms with E-state index in [1.54, 1.807) is 42.7 Å². The second-order valence-corrected chi connectivity index (χ2v) is 8.59. The second kappa shape index (κ2) is 8.86. The molecule has 0 radical (unpaired) electrons. The van der Waals surface area contributed by atoms with Crippen molar-refractivity contribution in [2.24, 2.45) is 0 Å². The first-order valence-corrected chi connectivity index (χ1v) is 10.3. The number of rotatable bonds is 6. The summed E-state index contributed by atoms with van der Waals surface area (Å²) in [6, 6.07) is 12.0. The van der Waals surface area contributed by atoms with Crippen molar-refractivity contribution in [1.29, 1.82) is 0 Å². The zero-order valence-electron chi connectivity index (χ0n) is 16.1. The number of aromatic nitrogens is 1. The molecule has 0 spiro atoms. The Bertz CT molecular complexity index is 1180. The summed E-state index contributed by atoms with van der Waals surface area (Å²) >= 11 is 0. The van der Waals surface area contributed by atoms with Gasteiger partial charge in [-0.2, -0.15) is 4.31 Å². The highest BCUT2D eigenvalue weighted by molar-refractivity contribution is 7.89. The number of likely N-dealkylation sites (N-methyl/N-ethyl adjacent to an activating group) is 1. The largest absolute Gasteiger partial charge is 0.454 e. The lowest BCUT2D eigenvalue weighted by Crippen LogP contribution is -2.38. The molecule has 30 heavy (non-hydrogen) atoms. The highest BCUT2D eigenvalue weighted by Crippen LogP contribution is 2.32. The minimum absolute atomic E-state index is 0. The molecule has 0 saturated carbocycles. The number of benzene rings is 2. The molecule has 10 heteroatoms. The predicted octanol–water partition coefficient (Wildman–Crippen LogP) is 2.32. The quantitative estimate of drug-likeness (QED) is 0.620. The van der Waals surface area contributed by atoms with Crippen LogP contribution in [0.5, 0.6) is 11.5 Å². The molecule has 1 N–H and O–H groups in total. The van der Waals surface area contributed by atoms with Gasteiger partial charge in [-0.3, -0.25) is 9.78 Å². The molecule has 8 nitrogen and oxygen atoms in total. The number of hydrogen-bond acceptors (Lipinski definition) is 6. The molecule has 0 fully saturated rings. The molecule has 0 saturated heterocycles. The van der Waals surface area contributed by atoms with Crippen LogP contribution in [-0.2, 0) is 21.4 Å². The van der Waals surface area contributed by atoms with Crippen LogP contribution in [0.15, 0.2) is 59.8 Å². The number of hydrogen-bond donors (Lipinski definition) is 1. The van der Waals surface area contributed by atoms with E-state index in [0.29, 0.717) is 22.3 Å². The maximum atomic E-state index is 13.0. The van der Waals surface area contributed by atoms with Crippen LogP contribution < -0.4 is 14.8 Å². The van der Waals surface area contributed by atoms with Crippen LogP contribution in [0.3, 0.4) is 0 Å². The molecule has 3 aromatic rings. The summed E-state index contributed by atoms with van der Waals surface area (Å²) in [5.74, 6) is 0.883. The Labute approximate surface area is 180 Å². The molecule has 1 aromatic heterocycles. The summed E-state index contributed by atoms with van der Waals surface area (Å²) in [7, 11) is -2.46. The van der Waals surface area contributed by atoms with Gasteiger partial charge in [0, 0.05) is 36.8 Å². The predicted molar refractivity (Wildman–Crippen MR) is 113 cm³/mol. The highest BCUT2D eigenvalue weighted by Gasteiger charge is 2.25. The Balaban J connectivity index is 0.00000256. The molecule has 0 unspecified atom stereocenters. The summed E-state index contributed by atoms with van der Waals surface area (Å²) < 4.78 is 37.6. The van der Waals surface area contributed by atoms with Gasteiger partial charge in [0.05, 0.1) is 11.4 Å². The van der Waals surface area contributed by atoms with Gasteiger partial charge >= 0.3 is 0 Å². The minimum atomic E-state index is -3.84. The fourth-order valence-corrected chi connectivity index (χ4v) is 4.42. The van der Waals surface area contributed by atoms with Crippen LogP contribution >= 0.6 is 12.4 Å². The van der Waals surface area contributed by atoms with Crippen molar-refractivity contribution >= 4 is 39.1 Å². The van der Waals surface area contributed by atoms with Crippen molar-refractivity contribution < 1.29 is 22.7 Å². The van der Waals surface area contributed by atoms with Gasteiger partial charge in [0.1, 0.15) is 0 Å². The molecule has 0 aliphatic carbocycles. The number of ether oxygens (including phenoxy) is 2. The van der Waals surface area contributed by atoms with Gasteiger partial charge in [-0.25, -0.2) is 8.42 Å². The lowest BCUT2D eigenvalue weighted by molar-refractivity contribution is -0.121. The molecule has 2 aromatic carbocycles. The molecule has 2 heterocycles. The first-order chi connectivity index (χ1) is 13.9. The van der Waals surface area contributed by atoms with Crippen LogP contribution in [0.1, 0.15) is 5.56 Å². The van der Waals surface area contributed by atoms with Crippen LogP contribution in [0.2, 0.25) is 0 Å². The second-order valence-electron chi connectivity index (χ2n) is 6.58. The Morgan fingerprint density at radius 3 is 2.80 bits per heavy atom. The first kappa shape index (κ1) is 21.8. The summed E-state index contributed by atoms with van der Waals surface area (Å²) in [5, 5.41) is 4.01. The van der Waals surface area contributed by atoms with Crippen LogP contribution in [0.4, 0.5) is 0 Å².